The van der Waals surface area contributed by atoms with Crippen LogP contribution in [0.4, 0.5) is 0 Å². The first-order valence-corrected chi connectivity index (χ1v) is 60.2. The van der Waals surface area contributed by atoms with Crippen LogP contribution in [0.25, 0.3) is 0 Å². The van der Waals surface area contributed by atoms with Crippen molar-refractivity contribution >= 4 is 187 Å². The maximum Gasteiger partial charge on any atom is 0.515 e. The van der Waals surface area contributed by atoms with Crippen molar-refractivity contribution in [3.63, 3.8) is 0 Å². The predicted molar refractivity (Wildman–Crippen MR) is 441 cm³/mol. The van der Waals surface area contributed by atoms with Gasteiger partial charge in [-0.1, -0.05) is 275 Å². The highest BCUT2D eigenvalue weighted by molar-refractivity contribution is 9.10. The number of rotatable bonds is 33. The Morgan fingerprint density at radius 2 is 0.626 bits per heavy atom. The van der Waals surface area contributed by atoms with Crippen molar-refractivity contribution in [3.05, 3.63) is 248 Å². The molecule has 8 unspecified atom stereocenters. The smallest absolute Gasteiger partial charge is 0.462 e. The maximum absolute atomic E-state index is 12.7. The van der Waals surface area contributed by atoms with E-state index in [9.17, 15) is 9.59 Å². The molecule has 0 saturated carbocycles. The Morgan fingerprint density at radius 1 is 0.355 bits per heavy atom. The molecule has 8 atom stereocenters. The van der Waals surface area contributed by atoms with E-state index < -0.39 is 102 Å². The van der Waals surface area contributed by atoms with E-state index in [0.717, 1.165) is 5.56 Å². The lowest BCUT2D eigenvalue weighted by Crippen LogP contribution is -2.90. The van der Waals surface area contributed by atoms with E-state index in [0.29, 0.717) is 74.5 Å². The summed E-state index contributed by atoms with van der Waals surface area (Å²) >= 11 is 6.82. The zero-order valence-electron chi connectivity index (χ0n) is 61.8. The van der Waals surface area contributed by atoms with Crippen molar-refractivity contribution in [1.82, 2.24) is 0 Å². The van der Waals surface area contributed by atoms with Crippen LogP contribution in [0.3, 0.4) is 0 Å². The van der Waals surface area contributed by atoms with Crippen LogP contribution in [0.5, 0.6) is 0 Å². The highest BCUT2D eigenvalue weighted by atomic mass is 79.9. The SMILES string of the molecule is C[Si]O[Si]1(c2ccccc2)O[Si]2(Cc3ccccc3)O[Si](O[Si](C)(C)CCCOCCOC(=O)C(C)(C)Br)(c3ccccc3)O[Si](c3ccccc3)(O1)O[Si]1(c3ccccc3)O[Si](O[Si]C)(c3ccccc3)O[Si](c3ccccc3)(O2)O[Si](O[Si](C)(C)CCCOCCOC(=O)C(C)(C)Br)(c2ccccc2)O1. The standard InChI is InChI=1S/C73H92Br2O20Si12/c1-72(2,74)70(76)80-57-55-78-53-35-59-98(7,8)84-103(65-43-25-14-26-44-65)87-100(61-62-37-19-11-20-38-62)86-101(82-96-5,63-39-21-12-22-40-63)89-106(92-103,68-49-31-17-32-50-68)95-107(69-51-33-18-34-52-69)91-102(83-97-6,64-41-23-13-24-42-64)90-105(88-100,67-47-29-16-30-48-67)93-104(94-107,66-45-27-15-28-46-66)85-99(9,10)60-36-54-79-56-58-81-71(77)73(3,4)75/h11-34,37-52H,35-36,53-61H2,1-10H3. The van der Waals surface area contributed by atoms with Gasteiger partial charge in [0, 0.05) is 55.6 Å². The van der Waals surface area contributed by atoms with Crippen molar-refractivity contribution in [2.24, 2.45) is 0 Å². The van der Waals surface area contributed by atoms with Crippen molar-refractivity contribution in [2.75, 3.05) is 39.6 Å². The summed E-state index contributed by atoms with van der Waals surface area (Å²) in [5.74, 6) is -0.780. The van der Waals surface area contributed by atoms with Crippen LogP contribution in [0.1, 0.15) is 46.1 Å². The van der Waals surface area contributed by atoms with Crippen LogP contribution in [0.2, 0.25) is 51.4 Å². The molecule has 0 aromatic heterocycles. The minimum absolute atomic E-state index is 0.0739. The van der Waals surface area contributed by atoms with Gasteiger partial charge in [-0.15, -0.1) is 0 Å². The van der Waals surface area contributed by atoms with Gasteiger partial charge < -0.3 is 76.6 Å². The van der Waals surface area contributed by atoms with E-state index >= 15 is 0 Å². The summed E-state index contributed by atoms with van der Waals surface area (Å²) in [5, 5.41) is 3.47. The van der Waals surface area contributed by atoms with E-state index in [1.54, 1.807) is 27.7 Å². The van der Waals surface area contributed by atoms with Crippen LogP contribution in [0, 0.1) is 0 Å². The van der Waals surface area contributed by atoms with Crippen LogP contribution in [0.15, 0.2) is 243 Å². The molecule has 4 fully saturated rings. The van der Waals surface area contributed by atoms with E-state index in [2.05, 4.69) is 58.0 Å². The first-order valence-electron chi connectivity index (χ1n) is 35.6. The fourth-order valence-electron chi connectivity index (χ4n) is 12.3. The molecule has 0 amide bonds. The zero-order chi connectivity index (χ0) is 76.0. The van der Waals surface area contributed by atoms with E-state index in [1.165, 1.54) is 0 Å². The molecule has 4 heterocycles. The molecule has 0 spiro atoms. The summed E-state index contributed by atoms with van der Waals surface area (Å²) < 4.78 is 141. The quantitative estimate of drug-likeness (QED) is 0.0163. The number of hydrogen-bond acceptors (Lipinski definition) is 20. The van der Waals surface area contributed by atoms with Gasteiger partial charge in [-0.25, -0.2) is 0 Å². The average Bonchev–Trinajstić information content (AvgIpc) is 0.689. The lowest BCUT2D eigenvalue weighted by atomic mass is 10.2. The Kier molecular flexibility index (Phi) is 28.3. The molecule has 34 heteroatoms. The molecule has 8 aromatic carbocycles. The Labute approximate surface area is 661 Å². The summed E-state index contributed by atoms with van der Waals surface area (Å²) in [6.07, 6.45) is 1.07. The number of alkyl halides is 2. The largest absolute Gasteiger partial charge is 0.515 e. The Hall–Kier alpha value is -4.38. The molecule has 20 nitrogen and oxygen atoms in total. The van der Waals surface area contributed by atoms with Crippen molar-refractivity contribution in [3.8, 4) is 0 Å². The first-order chi connectivity index (χ1) is 51.2. The molecule has 12 rings (SSSR count). The molecule has 4 radical (unpaired) electrons. The van der Waals surface area contributed by atoms with Gasteiger partial charge in [-0.05, 0) is 97.5 Å². The summed E-state index contributed by atoms with van der Waals surface area (Å²) in [4.78, 5) is 25.5. The number of carbonyl (C=O) groups is 2. The first kappa shape index (κ1) is 83.6. The van der Waals surface area contributed by atoms with Gasteiger partial charge >= 0.3 is 82.4 Å². The van der Waals surface area contributed by atoms with E-state index in [-0.39, 0.29) is 58.0 Å². The van der Waals surface area contributed by atoms with Crippen LogP contribution < -0.4 is 36.3 Å². The van der Waals surface area contributed by atoms with Gasteiger partial charge in [-0.3, -0.25) is 9.59 Å². The number of fused-ring (bicyclic) bond motifs is 4. The van der Waals surface area contributed by atoms with Gasteiger partial charge in [0.2, 0.25) is 19.5 Å². The minimum Gasteiger partial charge on any atom is -0.462 e. The molecular weight excluding hydrogens is 1690 g/mol. The fourth-order valence-corrected chi connectivity index (χ4v) is 66.8. The second-order valence-corrected chi connectivity index (χ2v) is 65.6. The van der Waals surface area contributed by atoms with Gasteiger partial charge in [0.15, 0.2) is 16.6 Å². The molecule has 4 bridgehead atoms. The summed E-state index contributed by atoms with van der Waals surface area (Å²) in [5.41, 5.74) is 0.743. The van der Waals surface area contributed by atoms with Crippen LogP contribution in [-0.4, -0.2) is 167 Å². The fraction of sp³-hybridized carbons (Fsp3) is 0.315. The average molecular weight is 1790 g/mol. The number of carbonyl (C=O) groups excluding carboxylic acids is 2. The predicted octanol–water partition coefficient (Wildman–Crippen LogP) is 9.89. The van der Waals surface area contributed by atoms with E-state index in [4.69, 9.17) is 76.6 Å². The normalized spacial score (nSPS) is 25.7. The van der Waals surface area contributed by atoms with Gasteiger partial charge in [0.25, 0.3) is 0 Å². The highest BCUT2D eigenvalue weighted by Crippen LogP contribution is 2.45. The number of hydrogen-bond donors (Lipinski definition) is 0. The minimum atomic E-state index is -5.41. The molecule has 566 valence electrons. The number of ether oxygens (including phenoxy) is 4. The summed E-state index contributed by atoms with van der Waals surface area (Å²) in [7, 11) is -48.5. The third-order valence-electron chi connectivity index (χ3n) is 17.2. The highest BCUT2D eigenvalue weighted by Gasteiger charge is 2.80. The molecule has 4 aliphatic heterocycles. The number of esters is 2. The molecule has 0 N–H and O–H groups in total. The topological polar surface area (TPSA) is 200 Å². The number of benzene rings is 8. The van der Waals surface area contributed by atoms with Gasteiger partial charge in [0.05, 0.1) is 13.2 Å². The van der Waals surface area contributed by atoms with Gasteiger partial charge in [-0.2, -0.15) is 0 Å². The Morgan fingerprint density at radius 3 is 0.953 bits per heavy atom. The molecule has 0 aliphatic carbocycles. The molecular formula is C73H92Br2O20Si12. The third-order valence-corrected chi connectivity index (χ3v) is 61.5. The van der Waals surface area contributed by atoms with Gasteiger partial charge in [0.1, 0.15) is 21.9 Å². The number of halogens is 2. The van der Waals surface area contributed by atoms with Crippen molar-refractivity contribution < 1.29 is 86.1 Å². The molecule has 107 heavy (non-hydrogen) atoms. The lowest BCUT2D eigenvalue weighted by molar-refractivity contribution is -0.147. The van der Waals surface area contributed by atoms with E-state index in [1.807, 2.05) is 256 Å². The lowest BCUT2D eigenvalue weighted by Gasteiger charge is -2.57. The molecule has 8 aromatic rings. The molecule has 4 saturated heterocycles. The maximum atomic E-state index is 12.7. The zero-order valence-corrected chi connectivity index (χ0v) is 77.0. The van der Waals surface area contributed by atoms with Crippen LogP contribution >= 0.6 is 31.9 Å². The Balaban J connectivity index is 1.25. The second-order valence-electron chi connectivity index (χ2n) is 27.8. The molecule has 4 aliphatic rings. The third kappa shape index (κ3) is 20.7. The second kappa shape index (κ2) is 36.2. The monoisotopic (exact) mass is 1780 g/mol. The van der Waals surface area contributed by atoms with Crippen LogP contribution in [-0.2, 0) is 92.2 Å². The summed E-state index contributed by atoms with van der Waals surface area (Å²) in [6, 6.07) is 78.3. The van der Waals surface area contributed by atoms with Crippen molar-refractivity contribution in [1.29, 1.82) is 0 Å². The van der Waals surface area contributed by atoms with Crippen molar-refractivity contribution in [2.45, 2.75) is 107 Å². The summed E-state index contributed by atoms with van der Waals surface area (Å²) in [6.45, 7) is 20.5. The Bertz CT molecular complexity index is 4140.